The highest BCUT2D eigenvalue weighted by atomic mass is 16.2. The predicted molar refractivity (Wildman–Crippen MR) is 78.3 cm³/mol. The molecule has 0 radical (unpaired) electrons. The Bertz CT molecular complexity index is 351. The maximum Gasteiger partial charge on any atom is 0.244 e. The van der Waals surface area contributed by atoms with Gasteiger partial charge >= 0.3 is 0 Å². The van der Waals surface area contributed by atoms with Crippen molar-refractivity contribution in [2.24, 2.45) is 5.92 Å². The van der Waals surface area contributed by atoms with Gasteiger partial charge in [0.1, 0.15) is 6.04 Å². The van der Waals surface area contributed by atoms with Crippen LogP contribution in [-0.2, 0) is 9.59 Å². The molecule has 20 heavy (non-hydrogen) atoms. The van der Waals surface area contributed by atoms with Crippen LogP contribution in [0.1, 0.15) is 38.5 Å². The Morgan fingerprint density at radius 1 is 1.20 bits per heavy atom. The van der Waals surface area contributed by atoms with Crippen molar-refractivity contribution < 1.29 is 9.59 Å². The Hall–Kier alpha value is -1.10. The number of carbonyl (C=O) groups excluding carboxylic acids is 2. The second-order valence-corrected chi connectivity index (χ2v) is 6.21. The summed E-state index contributed by atoms with van der Waals surface area (Å²) in [4.78, 5) is 27.9. The highest BCUT2D eigenvalue weighted by molar-refractivity contribution is 5.88. The van der Waals surface area contributed by atoms with E-state index in [0.29, 0.717) is 12.3 Å². The Morgan fingerprint density at radius 2 is 1.90 bits per heavy atom. The van der Waals surface area contributed by atoms with E-state index in [1.807, 2.05) is 4.90 Å². The summed E-state index contributed by atoms with van der Waals surface area (Å²) in [6.07, 6.45) is 5.68. The molecule has 114 valence electrons. The monoisotopic (exact) mass is 281 g/mol. The van der Waals surface area contributed by atoms with Crippen LogP contribution in [0.15, 0.2) is 0 Å². The second kappa shape index (κ2) is 7.07. The minimum Gasteiger partial charge on any atom is -0.347 e. The molecule has 2 saturated heterocycles. The number of carbonyl (C=O) groups is 2. The molecule has 0 aromatic carbocycles. The van der Waals surface area contributed by atoms with Crippen LogP contribution in [0.2, 0.25) is 0 Å². The van der Waals surface area contributed by atoms with Gasteiger partial charge in [-0.05, 0) is 51.1 Å². The third-order valence-electron chi connectivity index (χ3n) is 4.52. The molecule has 0 saturated carbocycles. The van der Waals surface area contributed by atoms with Gasteiger partial charge in [0.25, 0.3) is 0 Å². The van der Waals surface area contributed by atoms with Crippen LogP contribution in [-0.4, -0.2) is 61.4 Å². The number of amides is 2. The average molecular weight is 281 g/mol. The first-order chi connectivity index (χ1) is 9.59. The van der Waals surface area contributed by atoms with Gasteiger partial charge in [-0.2, -0.15) is 0 Å². The molecular formula is C15H27N3O2. The lowest BCUT2D eigenvalue weighted by Gasteiger charge is -2.27. The fourth-order valence-corrected chi connectivity index (χ4v) is 3.26. The number of piperidine rings is 1. The first-order valence-corrected chi connectivity index (χ1v) is 7.81. The summed E-state index contributed by atoms with van der Waals surface area (Å²) in [6, 6.07) is -0.217. The molecule has 1 atom stereocenters. The van der Waals surface area contributed by atoms with E-state index in [1.54, 1.807) is 19.0 Å². The molecule has 5 nitrogen and oxygen atoms in total. The van der Waals surface area contributed by atoms with E-state index >= 15 is 0 Å². The maximum atomic E-state index is 12.4. The number of hydrogen-bond donors (Lipinski definition) is 1. The van der Waals surface area contributed by atoms with E-state index in [-0.39, 0.29) is 17.9 Å². The molecule has 2 fully saturated rings. The van der Waals surface area contributed by atoms with Gasteiger partial charge in [0.2, 0.25) is 11.8 Å². The van der Waals surface area contributed by atoms with Crippen LogP contribution in [0.3, 0.4) is 0 Å². The van der Waals surface area contributed by atoms with Gasteiger partial charge in [-0.3, -0.25) is 9.59 Å². The summed E-state index contributed by atoms with van der Waals surface area (Å²) in [7, 11) is 3.52. The van der Waals surface area contributed by atoms with Crippen molar-refractivity contribution in [2.75, 3.05) is 33.7 Å². The topological polar surface area (TPSA) is 52.7 Å². The molecule has 2 aliphatic heterocycles. The quantitative estimate of drug-likeness (QED) is 0.831. The fourth-order valence-electron chi connectivity index (χ4n) is 3.26. The Morgan fingerprint density at radius 3 is 2.55 bits per heavy atom. The molecule has 1 unspecified atom stereocenters. The third kappa shape index (κ3) is 3.72. The van der Waals surface area contributed by atoms with Crippen LogP contribution in [0.4, 0.5) is 0 Å². The van der Waals surface area contributed by atoms with E-state index in [2.05, 4.69) is 5.32 Å². The van der Waals surface area contributed by atoms with E-state index < -0.39 is 0 Å². The Labute approximate surface area is 121 Å². The van der Waals surface area contributed by atoms with Gasteiger partial charge in [-0.15, -0.1) is 0 Å². The van der Waals surface area contributed by atoms with Crippen LogP contribution in [0.25, 0.3) is 0 Å². The first-order valence-electron chi connectivity index (χ1n) is 7.81. The zero-order valence-electron chi connectivity index (χ0n) is 12.7. The lowest BCUT2D eigenvalue weighted by molar-refractivity contribution is -0.142. The Kier molecular flexibility index (Phi) is 5.40. The molecule has 5 heteroatoms. The van der Waals surface area contributed by atoms with Gasteiger partial charge < -0.3 is 15.1 Å². The molecule has 0 aliphatic carbocycles. The summed E-state index contributed by atoms with van der Waals surface area (Å²) in [6.45, 7) is 2.89. The normalized spacial score (nSPS) is 23.9. The fraction of sp³-hybridized carbons (Fsp3) is 0.867. The number of hydrogen-bond acceptors (Lipinski definition) is 3. The standard InChI is InChI=1S/C15H27N3O2/c1-17(2)15(20)13-4-3-11-18(13)14(19)6-5-12-7-9-16-10-8-12/h12-13,16H,3-11H2,1-2H3. The zero-order valence-corrected chi connectivity index (χ0v) is 12.7. The van der Waals surface area contributed by atoms with Crippen LogP contribution >= 0.6 is 0 Å². The van der Waals surface area contributed by atoms with Crippen molar-refractivity contribution in [3.8, 4) is 0 Å². The van der Waals surface area contributed by atoms with Gasteiger partial charge in [-0.25, -0.2) is 0 Å². The van der Waals surface area contributed by atoms with Crippen LogP contribution in [0.5, 0.6) is 0 Å². The molecule has 0 bridgehead atoms. The van der Waals surface area contributed by atoms with Gasteiger partial charge in [-0.1, -0.05) is 0 Å². The van der Waals surface area contributed by atoms with Crippen LogP contribution < -0.4 is 5.32 Å². The number of nitrogens with zero attached hydrogens (tertiary/aromatic N) is 2. The molecule has 2 amide bonds. The van der Waals surface area contributed by atoms with E-state index in [1.165, 1.54) is 12.8 Å². The summed E-state index contributed by atoms with van der Waals surface area (Å²) < 4.78 is 0. The third-order valence-corrected chi connectivity index (χ3v) is 4.52. The maximum absolute atomic E-state index is 12.4. The summed E-state index contributed by atoms with van der Waals surface area (Å²) in [5.41, 5.74) is 0. The smallest absolute Gasteiger partial charge is 0.244 e. The largest absolute Gasteiger partial charge is 0.347 e. The van der Waals surface area contributed by atoms with Crippen molar-refractivity contribution in [3.05, 3.63) is 0 Å². The summed E-state index contributed by atoms with van der Waals surface area (Å²) in [5, 5.41) is 3.35. The summed E-state index contributed by atoms with van der Waals surface area (Å²) >= 11 is 0. The predicted octanol–water partition coefficient (Wildman–Crippen LogP) is 0.845. The molecule has 0 spiro atoms. The van der Waals surface area contributed by atoms with Crippen molar-refractivity contribution >= 4 is 11.8 Å². The van der Waals surface area contributed by atoms with Crippen molar-refractivity contribution in [2.45, 2.75) is 44.6 Å². The lowest BCUT2D eigenvalue weighted by Crippen LogP contribution is -2.45. The first kappa shape index (κ1) is 15.3. The highest BCUT2D eigenvalue weighted by Crippen LogP contribution is 2.23. The number of rotatable bonds is 4. The summed E-state index contributed by atoms with van der Waals surface area (Å²) in [5.74, 6) is 0.907. The number of nitrogens with one attached hydrogen (secondary N) is 1. The number of likely N-dealkylation sites (N-methyl/N-ethyl adjacent to an activating group) is 1. The SMILES string of the molecule is CN(C)C(=O)C1CCCN1C(=O)CCC1CCNCC1. The van der Waals surface area contributed by atoms with E-state index in [0.717, 1.165) is 38.9 Å². The Balaban J connectivity index is 1.82. The van der Waals surface area contributed by atoms with Crippen molar-refractivity contribution in [1.29, 1.82) is 0 Å². The molecule has 0 aromatic rings. The minimum atomic E-state index is -0.217. The van der Waals surface area contributed by atoms with E-state index in [9.17, 15) is 9.59 Å². The van der Waals surface area contributed by atoms with E-state index in [4.69, 9.17) is 0 Å². The molecular weight excluding hydrogens is 254 g/mol. The molecule has 2 heterocycles. The highest BCUT2D eigenvalue weighted by Gasteiger charge is 2.34. The zero-order chi connectivity index (χ0) is 14.5. The van der Waals surface area contributed by atoms with Crippen molar-refractivity contribution in [1.82, 2.24) is 15.1 Å². The van der Waals surface area contributed by atoms with Gasteiger partial charge in [0, 0.05) is 27.1 Å². The lowest BCUT2D eigenvalue weighted by atomic mass is 9.93. The minimum absolute atomic E-state index is 0.0673. The van der Waals surface area contributed by atoms with Gasteiger partial charge in [0.05, 0.1) is 0 Å². The van der Waals surface area contributed by atoms with Crippen molar-refractivity contribution in [3.63, 3.8) is 0 Å². The van der Waals surface area contributed by atoms with Crippen LogP contribution in [0, 0.1) is 5.92 Å². The average Bonchev–Trinajstić information content (AvgIpc) is 2.94. The van der Waals surface area contributed by atoms with Gasteiger partial charge in [0.15, 0.2) is 0 Å². The second-order valence-electron chi connectivity index (χ2n) is 6.21. The number of likely N-dealkylation sites (tertiary alicyclic amines) is 1. The molecule has 0 aromatic heterocycles. The molecule has 1 N–H and O–H groups in total. The molecule has 2 rings (SSSR count). The molecule has 2 aliphatic rings.